The third-order valence-corrected chi connectivity index (χ3v) is 3.38. The summed E-state index contributed by atoms with van der Waals surface area (Å²) < 4.78 is 26.4. The SMILES string of the molecule is CC(C)c1ccc(CNCc2cc(F)c(O)c(F)c2)cc1. The molecule has 0 aromatic heterocycles. The molecule has 0 aliphatic rings. The first kappa shape index (κ1) is 15.4. The van der Waals surface area contributed by atoms with Gasteiger partial charge < -0.3 is 10.4 Å². The summed E-state index contributed by atoms with van der Waals surface area (Å²) >= 11 is 0. The van der Waals surface area contributed by atoms with Crippen LogP contribution in [0.3, 0.4) is 0 Å². The molecular formula is C17H19F2NO. The van der Waals surface area contributed by atoms with E-state index >= 15 is 0 Å². The van der Waals surface area contributed by atoms with Gasteiger partial charge in [-0.25, -0.2) is 8.78 Å². The van der Waals surface area contributed by atoms with Gasteiger partial charge in [0.2, 0.25) is 0 Å². The minimum absolute atomic E-state index is 0.333. The van der Waals surface area contributed by atoms with Gasteiger partial charge in [0.25, 0.3) is 0 Å². The number of nitrogens with one attached hydrogen (secondary N) is 1. The topological polar surface area (TPSA) is 32.3 Å². The first-order chi connectivity index (χ1) is 9.97. The third kappa shape index (κ3) is 4.02. The Kier molecular flexibility index (Phi) is 4.91. The zero-order valence-corrected chi connectivity index (χ0v) is 12.2. The van der Waals surface area contributed by atoms with Crippen LogP contribution in [0, 0.1) is 11.6 Å². The van der Waals surface area contributed by atoms with Gasteiger partial charge in [-0.3, -0.25) is 0 Å². The van der Waals surface area contributed by atoms with Crippen molar-refractivity contribution >= 4 is 0 Å². The molecule has 0 heterocycles. The summed E-state index contributed by atoms with van der Waals surface area (Å²) in [6, 6.07) is 10.5. The summed E-state index contributed by atoms with van der Waals surface area (Å²) in [5.41, 5.74) is 2.85. The maximum atomic E-state index is 13.2. The van der Waals surface area contributed by atoms with Crippen molar-refractivity contribution in [2.24, 2.45) is 0 Å². The van der Waals surface area contributed by atoms with E-state index in [9.17, 15) is 8.78 Å². The first-order valence-electron chi connectivity index (χ1n) is 6.94. The first-order valence-corrected chi connectivity index (χ1v) is 6.94. The number of rotatable bonds is 5. The maximum absolute atomic E-state index is 13.2. The van der Waals surface area contributed by atoms with Crippen LogP contribution in [0.4, 0.5) is 8.78 Å². The van der Waals surface area contributed by atoms with E-state index in [1.807, 2.05) is 12.1 Å². The van der Waals surface area contributed by atoms with E-state index in [2.05, 4.69) is 31.3 Å². The maximum Gasteiger partial charge on any atom is 0.187 e. The molecule has 4 heteroatoms. The molecule has 0 fully saturated rings. The Hall–Kier alpha value is -1.94. The molecule has 0 saturated carbocycles. The van der Waals surface area contributed by atoms with E-state index in [0.717, 1.165) is 17.7 Å². The zero-order valence-electron chi connectivity index (χ0n) is 12.2. The highest BCUT2D eigenvalue weighted by Crippen LogP contribution is 2.21. The highest BCUT2D eigenvalue weighted by molar-refractivity contribution is 5.30. The quantitative estimate of drug-likeness (QED) is 0.870. The van der Waals surface area contributed by atoms with Gasteiger partial charge in [0.05, 0.1) is 0 Å². The number of aromatic hydroxyl groups is 1. The van der Waals surface area contributed by atoms with E-state index in [1.165, 1.54) is 5.56 Å². The van der Waals surface area contributed by atoms with Crippen LogP contribution in [0.25, 0.3) is 0 Å². The average molecular weight is 291 g/mol. The van der Waals surface area contributed by atoms with Crippen LogP contribution in [0.1, 0.15) is 36.5 Å². The van der Waals surface area contributed by atoms with Crippen LogP contribution in [0.2, 0.25) is 0 Å². The lowest BCUT2D eigenvalue weighted by atomic mass is 10.0. The zero-order chi connectivity index (χ0) is 15.4. The fraction of sp³-hybridized carbons (Fsp3) is 0.294. The third-order valence-electron chi connectivity index (χ3n) is 3.38. The number of phenols is 1. The normalized spacial score (nSPS) is 11.1. The second kappa shape index (κ2) is 6.68. The molecule has 0 aliphatic carbocycles. The van der Waals surface area contributed by atoms with Gasteiger partial charge >= 0.3 is 0 Å². The Bertz CT molecular complexity index is 586. The lowest BCUT2D eigenvalue weighted by molar-refractivity contribution is 0.395. The van der Waals surface area contributed by atoms with Crippen LogP contribution >= 0.6 is 0 Å². The van der Waals surface area contributed by atoms with Gasteiger partial charge in [-0.2, -0.15) is 0 Å². The number of halogens is 2. The Morgan fingerprint density at radius 2 is 1.48 bits per heavy atom. The number of benzene rings is 2. The average Bonchev–Trinajstić information content (AvgIpc) is 2.45. The fourth-order valence-corrected chi connectivity index (χ4v) is 2.09. The largest absolute Gasteiger partial charge is 0.503 e. The second-order valence-corrected chi connectivity index (χ2v) is 5.41. The highest BCUT2D eigenvalue weighted by Gasteiger charge is 2.09. The second-order valence-electron chi connectivity index (χ2n) is 5.41. The van der Waals surface area contributed by atoms with E-state index in [0.29, 0.717) is 24.6 Å². The minimum atomic E-state index is -0.937. The van der Waals surface area contributed by atoms with Gasteiger partial charge in [-0.15, -0.1) is 0 Å². The smallest absolute Gasteiger partial charge is 0.187 e. The molecule has 0 saturated heterocycles. The molecular weight excluding hydrogens is 272 g/mol. The number of hydrogen-bond acceptors (Lipinski definition) is 2. The van der Waals surface area contributed by atoms with Crippen LogP contribution in [0.15, 0.2) is 36.4 Å². The molecule has 0 spiro atoms. The lowest BCUT2D eigenvalue weighted by Crippen LogP contribution is -2.13. The van der Waals surface area contributed by atoms with Crippen LogP contribution < -0.4 is 5.32 Å². The summed E-state index contributed by atoms with van der Waals surface area (Å²) in [5, 5.41) is 12.2. The Morgan fingerprint density at radius 3 is 2.00 bits per heavy atom. The van der Waals surface area contributed by atoms with Crippen molar-refractivity contribution in [2.45, 2.75) is 32.9 Å². The van der Waals surface area contributed by atoms with Gasteiger partial charge in [-0.05, 0) is 34.7 Å². The van der Waals surface area contributed by atoms with Crippen molar-refractivity contribution < 1.29 is 13.9 Å². The van der Waals surface area contributed by atoms with Crippen LogP contribution in [0.5, 0.6) is 5.75 Å². The Morgan fingerprint density at radius 1 is 0.952 bits per heavy atom. The summed E-state index contributed by atoms with van der Waals surface area (Å²) in [7, 11) is 0. The lowest BCUT2D eigenvalue weighted by Gasteiger charge is -2.09. The Balaban J connectivity index is 1.92. The van der Waals surface area contributed by atoms with Crippen molar-refractivity contribution in [3.8, 4) is 5.75 Å². The summed E-state index contributed by atoms with van der Waals surface area (Å²) in [4.78, 5) is 0. The summed E-state index contributed by atoms with van der Waals surface area (Å²) in [5.74, 6) is -2.31. The molecule has 2 aromatic carbocycles. The minimum Gasteiger partial charge on any atom is -0.503 e. The van der Waals surface area contributed by atoms with E-state index in [1.54, 1.807) is 0 Å². The van der Waals surface area contributed by atoms with Gasteiger partial charge in [0.1, 0.15) is 0 Å². The van der Waals surface area contributed by atoms with Crippen molar-refractivity contribution in [1.82, 2.24) is 5.32 Å². The molecule has 2 nitrogen and oxygen atoms in total. The molecule has 21 heavy (non-hydrogen) atoms. The molecule has 2 rings (SSSR count). The van der Waals surface area contributed by atoms with Gasteiger partial charge in [0.15, 0.2) is 17.4 Å². The van der Waals surface area contributed by atoms with Crippen molar-refractivity contribution in [2.75, 3.05) is 0 Å². The monoisotopic (exact) mass is 291 g/mol. The summed E-state index contributed by atoms with van der Waals surface area (Å²) in [6.45, 7) is 5.23. The van der Waals surface area contributed by atoms with Gasteiger partial charge in [0, 0.05) is 13.1 Å². The van der Waals surface area contributed by atoms with Crippen molar-refractivity contribution in [3.05, 3.63) is 64.7 Å². The number of phenolic OH excluding ortho intramolecular Hbond substituents is 1. The molecule has 112 valence electrons. The fourth-order valence-electron chi connectivity index (χ4n) is 2.09. The summed E-state index contributed by atoms with van der Waals surface area (Å²) in [6.07, 6.45) is 0. The van der Waals surface area contributed by atoms with Crippen molar-refractivity contribution in [3.63, 3.8) is 0 Å². The van der Waals surface area contributed by atoms with Crippen molar-refractivity contribution in [1.29, 1.82) is 0 Å². The molecule has 2 aromatic rings. The predicted molar refractivity (Wildman–Crippen MR) is 79.1 cm³/mol. The predicted octanol–water partition coefficient (Wildman–Crippen LogP) is 4.08. The van der Waals surface area contributed by atoms with Crippen LogP contribution in [-0.2, 0) is 13.1 Å². The molecule has 2 N–H and O–H groups in total. The Labute approximate surface area is 123 Å². The standard InChI is InChI=1S/C17H19F2NO/c1-11(2)14-5-3-12(4-6-14)9-20-10-13-7-15(18)17(21)16(19)8-13/h3-8,11,20-21H,9-10H2,1-2H3. The van der Waals surface area contributed by atoms with Gasteiger partial charge in [-0.1, -0.05) is 38.1 Å². The molecule has 0 bridgehead atoms. The molecule has 0 radical (unpaired) electrons. The molecule has 0 amide bonds. The highest BCUT2D eigenvalue weighted by atomic mass is 19.1. The van der Waals surface area contributed by atoms with E-state index < -0.39 is 17.4 Å². The molecule has 0 unspecified atom stereocenters. The van der Waals surface area contributed by atoms with E-state index in [4.69, 9.17) is 5.11 Å². The molecule has 0 aliphatic heterocycles. The molecule has 0 atom stereocenters. The van der Waals surface area contributed by atoms with E-state index in [-0.39, 0.29) is 0 Å². The van der Waals surface area contributed by atoms with Crippen LogP contribution in [-0.4, -0.2) is 5.11 Å². The number of hydrogen-bond donors (Lipinski definition) is 2.